The first-order valence-electron chi connectivity index (χ1n) is 5.48. The number of nitrogens with zero attached hydrogens (tertiary/aromatic N) is 3. The van der Waals surface area contributed by atoms with Crippen molar-refractivity contribution in [2.75, 3.05) is 0 Å². The van der Waals surface area contributed by atoms with Gasteiger partial charge < -0.3 is 11.1 Å². The van der Waals surface area contributed by atoms with Crippen molar-refractivity contribution in [1.82, 2.24) is 20.5 Å². The molecule has 7 nitrogen and oxygen atoms in total. The largest absolute Gasteiger partial charge is 0.370 e. The number of rotatable bonds is 1. The summed E-state index contributed by atoms with van der Waals surface area (Å²) in [6.07, 6.45) is 5.14. The molecule has 0 spiro atoms. The molecule has 0 bridgehead atoms. The number of guanidine groups is 1. The van der Waals surface area contributed by atoms with Crippen LogP contribution in [0.15, 0.2) is 29.5 Å². The summed E-state index contributed by atoms with van der Waals surface area (Å²) in [5.74, 6) is 0.267. The molecule has 6 N–H and O–H groups in total. The third-order valence-corrected chi connectivity index (χ3v) is 2.82. The number of nitrogens with one attached hydrogen (secondary N) is 2. The van der Waals surface area contributed by atoms with Crippen LogP contribution >= 0.6 is 0 Å². The Labute approximate surface area is 103 Å². The molecule has 3 heterocycles. The summed E-state index contributed by atoms with van der Waals surface area (Å²) in [6.45, 7) is 1.96. The van der Waals surface area contributed by atoms with Crippen molar-refractivity contribution in [3.8, 4) is 0 Å². The van der Waals surface area contributed by atoms with E-state index in [1.54, 1.807) is 18.5 Å². The fourth-order valence-corrected chi connectivity index (χ4v) is 1.97. The number of pyridine rings is 1. The first-order chi connectivity index (χ1) is 8.58. The first kappa shape index (κ1) is 10.7. The molecule has 1 atom stereocenters. The van der Waals surface area contributed by atoms with Crippen LogP contribution < -0.4 is 16.8 Å². The van der Waals surface area contributed by atoms with Crippen molar-refractivity contribution < 1.29 is 0 Å². The van der Waals surface area contributed by atoms with Crippen molar-refractivity contribution in [2.45, 2.75) is 12.6 Å². The molecule has 2 aromatic heterocycles. The molecular formula is C11H13N7. The van der Waals surface area contributed by atoms with Gasteiger partial charge in [0, 0.05) is 17.8 Å². The SMILES string of the molecule is Cc1cnc2n[nH]c(C3(N)C=CNC(N)=N3)c2c1. The number of hydrogen-bond donors (Lipinski definition) is 4. The van der Waals surface area contributed by atoms with E-state index < -0.39 is 5.66 Å². The van der Waals surface area contributed by atoms with Gasteiger partial charge in [0.2, 0.25) is 0 Å². The highest BCUT2D eigenvalue weighted by Gasteiger charge is 2.30. The van der Waals surface area contributed by atoms with Crippen molar-refractivity contribution in [3.63, 3.8) is 0 Å². The van der Waals surface area contributed by atoms with Crippen LogP contribution in [-0.4, -0.2) is 21.1 Å². The second-order valence-electron chi connectivity index (χ2n) is 4.28. The van der Waals surface area contributed by atoms with Gasteiger partial charge in [0.05, 0.1) is 5.69 Å². The Morgan fingerprint density at radius 3 is 3.00 bits per heavy atom. The zero-order valence-corrected chi connectivity index (χ0v) is 9.81. The molecule has 1 aliphatic rings. The Bertz CT molecular complexity index is 669. The van der Waals surface area contributed by atoms with Crippen LogP contribution in [0.4, 0.5) is 0 Å². The standard InChI is InChI=1S/C11H13N7/c1-6-4-7-8(17-18-9(7)15-5-6)11(13)2-3-14-10(12)16-11/h2-5H,13H2,1H3,(H3,12,14,16)(H,15,17,18). The molecule has 0 saturated heterocycles. The normalized spacial score (nSPS) is 22.9. The highest BCUT2D eigenvalue weighted by Crippen LogP contribution is 2.27. The predicted octanol–water partition coefficient (Wildman–Crippen LogP) is -0.191. The van der Waals surface area contributed by atoms with Gasteiger partial charge >= 0.3 is 0 Å². The summed E-state index contributed by atoms with van der Waals surface area (Å²) in [5, 5.41) is 10.6. The minimum atomic E-state index is -1.04. The van der Waals surface area contributed by atoms with Crippen LogP contribution in [0.1, 0.15) is 11.3 Å². The number of aryl methyl sites for hydroxylation is 1. The molecule has 0 radical (unpaired) electrons. The molecular weight excluding hydrogens is 230 g/mol. The van der Waals surface area contributed by atoms with Crippen LogP contribution in [0.3, 0.4) is 0 Å². The number of nitrogens with two attached hydrogens (primary N) is 2. The number of fused-ring (bicyclic) bond motifs is 1. The van der Waals surface area contributed by atoms with Crippen LogP contribution in [0.5, 0.6) is 0 Å². The maximum atomic E-state index is 6.24. The van der Waals surface area contributed by atoms with Crippen molar-refractivity contribution in [3.05, 3.63) is 35.8 Å². The van der Waals surface area contributed by atoms with Gasteiger partial charge in [-0.15, -0.1) is 0 Å². The maximum Gasteiger partial charge on any atom is 0.195 e. The molecule has 7 heteroatoms. The van der Waals surface area contributed by atoms with Gasteiger partial charge in [-0.05, 0) is 24.6 Å². The van der Waals surface area contributed by atoms with E-state index >= 15 is 0 Å². The molecule has 92 valence electrons. The van der Waals surface area contributed by atoms with Crippen LogP contribution in [0.2, 0.25) is 0 Å². The molecule has 1 unspecified atom stereocenters. The van der Waals surface area contributed by atoms with Crippen molar-refractivity contribution in [2.24, 2.45) is 16.5 Å². The third kappa shape index (κ3) is 1.52. The average Bonchev–Trinajstić information content (AvgIpc) is 2.72. The summed E-state index contributed by atoms with van der Waals surface area (Å²) in [6, 6.07) is 1.97. The Morgan fingerprint density at radius 1 is 1.39 bits per heavy atom. The van der Waals surface area contributed by atoms with Gasteiger partial charge in [-0.2, -0.15) is 5.10 Å². The lowest BCUT2D eigenvalue weighted by Gasteiger charge is -2.24. The molecule has 18 heavy (non-hydrogen) atoms. The predicted molar refractivity (Wildman–Crippen MR) is 68.4 cm³/mol. The number of aromatic amines is 1. The van der Waals surface area contributed by atoms with E-state index in [4.69, 9.17) is 11.5 Å². The van der Waals surface area contributed by atoms with E-state index in [1.807, 2.05) is 13.0 Å². The van der Waals surface area contributed by atoms with Gasteiger partial charge in [0.15, 0.2) is 17.3 Å². The van der Waals surface area contributed by atoms with E-state index in [0.29, 0.717) is 11.3 Å². The van der Waals surface area contributed by atoms with Gasteiger partial charge in [-0.25, -0.2) is 9.98 Å². The number of H-pyrrole nitrogens is 1. The van der Waals surface area contributed by atoms with Gasteiger partial charge in [-0.3, -0.25) is 10.8 Å². The fourth-order valence-electron chi connectivity index (χ4n) is 1.97. The highest BCUT2D eigenvalue weighted by molar-refractivity contribution is 5.83. The van der Waals surface area contributed by atoms with E-state index in [9.17, 15) is 0 Å². The second-order valence-corrected chi connectivity index (χ2v) is 4.28. The van der Waals surface area contributed by atoms with Gasteiger partial charge in [0.1, 0.15) is 0 Å². The topological polar surface area (TPSA) is 118 Å². The molecule has 0 aromatic carbocycles. The Hall–Kier alpha value is -2.41. The monoisotopic (exact) mass is 243 g/mol. The number of aliphatic imine (C=N–C) groups is 1. The van der Waals surface area contributed by atoms with Crippen LogP contribution in [-0.2, 0) is 5.66 Å². The summed E-state index contributed by atoms with van der Waals surface area (Å²) in [4.78, 5) is 8.44. The highest BCUT2D eigenvalue weighted by atomic mass is 15.2. The Kier molecular flexibility index (Phi) is 2.11. The minimum Gasteiger partial charge on any atom is -0.370 e. The number of aromatic nitrogens is 3. The summed E-state index contributed by atoms with van der Waals surface area (Å²) in [7, 11) is 0. The van der Waals surface area contributed by atoms with Gasteiger partial charge in [-0.1, -0.05) is 0 Å². The van der Waals surface area contributed by atoms with E-state index in [1.165, 1.54) is 0 Å². The average molecular weight is 243 g/mol. The van der Waals surface area contributed by atoms with E-state index in [0.717, 1.165) is 10.9 Å². The smallest absolute Gasteiger partial charge is 0.195 e. The number of hydrogen-bond acceptors (Lipinski definition) is 6. The van der Waals surface area contributed by atoms with Crippen LogP contribution in [0.25, 0.3) is 11.0 Å². The molecule has 0 fully saturated rings. The molecule has 0 amide bonds. The van der Waals surface area contributed by atoms with Gasteiger partial charge in [0.25, 0.3) is 0 Å². The summed E-state index contributed by atoms with van der Waals surface area (Å²) >= 11 is 0. The lowest BCUT2D eigenvalue weighted by molar-refractivity contribution is 0.564. The minimum absolute atomic E-state index is 0.267. The zero-order chi connectivity index (χ0) is 12.8. The molecule has 0 saturated carbocycles. The summed E-state index contributed by atoms with van der Waals surface area (Å²) < 4.78 is 0. The van der Waals surface area contributed by atoms with Crippen LogP contribution in [0, 0.1) is 6.92 Å². The quantitative estimate of drug-likeness (QED) is 0.553. The molecule has 2 aromatic rings. The van der Waals surface area contributed by atoms with Crippen molar-refractivity contribution >= 4 is 17.0 Å². The third-order valence-electron chi connectivity index (χ3n) is 2.82. The molecule has 0 aliphatic carbocycles. The fraction of sp³-hybridized carbons (Fsp3) is 0.182. The van der Waals surface area contributed by atoms with Crippen molar-refractivity contribution in [1.29, 1.82) is 0 Å². The summed E-state index contributed by atoms with van der Waals surface area (Å²) in [5.41, 5.74) is 13.2. The molecule has 1 aliphatic heterocycles. The van der Waals surface area contributed by atoms with E-state index in [2.05, 4.69) is 25.5 Å². The lowest BCUT2D eigenvalue weighted by atomic mass is 10.0. The zero-order valence-electron chi connectivity index (χ0n) is 9.81. The first-order valence-corrected chi connectivity index (χ1v) is 5.48. The Balaban J connectivity index is 2.23. The van der Waals surface area contributed by atoms with E-state index in [-0.39, 0.29) is 5.96 Å². The Morgan fingerprint density at radius 2 is 2.22 bits per heavy atom. The second kappa shape index (κ2) is 3.54. The maximum absolute atomic E-state index is 6.24. The lowest BCUT2D eigenvalue weighted by Crippen LogP contribution is -2.42. The molecule has 3 rings (SSSR count).